The molecule has 0 spiro atoms. The molecule has 0 bridgehead atoms. The highest BCUT2D eigenvalue weighted by molar-refractivity contribution is 7.15. The van der Waals surface area contributed by atoms with E-state index in [1.165, 1.54) is 23.5 Å². The average molecular weight is 393 g/mol. The van der Waals surface area contributed by atoms with Gasteiger partial charge in [0.05, 0.1) is 0 Å². The van der Waals surface area contributed by atoms with Crippen LogP contribution in [0.3, 0.4) is 0 Å². The van der Waals surface area contributed by atoms with Crippen LogP contribution in [0, 0.1) is 5.82 Å². The fourth-order valence-electron chi connectivity index (χ4n) is 3.55. The lowest BCUT2D eigenvalue weighted by molar-refractivity contribution is -0.122. The number of carbonyl (C=O) groups is 1. The lowest BCUT2D eigenvalue weighted by Gasteiger charge is -2.15. The molecule has 1 N–H and O–H groups in total. The van der Waals surface area contributed by atoms with Crippen molar-refractivity contribution in [1.29, 1.82) is 0 Å². The summed E-state index contributed by atoms with van der Waals surface area (Å²) in [7, 11) is 0. The molecule has 7 heteroatoms. The number of hydrogen-bond donors (Lipinski definition) is 1. The Kier molecular flexibility index (Phi) is 3.91. The number of hydrogen-bond acceptors (Lipinski definition) is 4. The molecule has 2 unspecified atom stereocenters. The van der Waals surface area contributed by atoms with Crippen molar-refractivity contribution >= 4 is 28.0 Å². The summed E-state index contributed by atoms with van der Waals surface area (Å²) in [5, 5.41) is 4.89. The first-order valence-corrected chi connectivity index (χ1v) is 9.78. The van der Waals surface area contributed by atoms with E-state index >= 15 is 0 Å². The Morgan fingerprint density at radius 1 is 1.21 bits per heavy atom. The van der Waals surface area contributed by atoms with E-state index in [4.69, 9.17) is 4.74 Å². The van der Waals surface area contributed by atoms with Gasteiger partial charge in [0.1, 0.15) is 23.1 Å². The van der Waals surface area contributed by atoms with Crippen LogP contribution in [0.5, 0.6) is 5.75 Å². The molecule has 2 aromatic heterocycles. The Morgan fingerprint density at radius 2 is 2.00 bits per heavy atom. The van der Waals surface area contributed by atoms with Gasteiger partial charge < -0.3 is 10.1 Å². The molecule has 3 heterocycles. The van der Waals surface area contributed by atoms with Gasteiger partial charge >= 0.3 is 0 Å². The molecule has 0 aliphatic carbocycles. The van der Waals surface area contributed by atoms with Crippen LogP contribution in [0.25, 0.3) is 16.2 Å². The zero-order valence-electron chi connectivity index (χ0n) is 14.9. The van der Waals surface area contributed by atoms with Crippen LogP contribution in [0.1, 0.15) is 18.4 Å². The van der Waals surface area contributed by atoms with E-state index in [0.717, 1.165) is 21.8 Å². The number of rotatable bonds is 3. The van der Waals surface area contributed by atoms with Crippen molar-refractivity contribution in [3.05, 3.63) is 71.5 Å². The Balaban J connectivity index is 1.50. The van der Waals surface area contributed by atoms with Crippen LogP contribution in [-0.4, -0.2) is 21.4 Å². The van der Waals surface area contributed by atoms with Crippen LogP contribution in [0.15, 0.2) is 60.1 Å². The number of anilines is 1. The van der Waals surface area contributed by atoms with E-state index in [1.807, 2.05) is 47.2 Å². The summed E-state index contributed by atoms with van der Waals surface area (Å²) in [6.07, 6.45) is 1.23. The molecule has 1 aliphatic heterocycles. The molecule has 1 amide bonds. The van der Waals surface area contributed by atoms with Crippen molar-refractivity contribution in [2.45, 2.75) is 18.9 Å². The van der Waals surface area contributed by atoms with Gasteiger partial charge in [0, 0.05) is 28.6 Å². The number of nitrogens with one attached hydrogen (secondary N) is 1. The molecule has 0 fully saturated rings. The van der Waals surface area contributed by atoms with Gasteiger partial charge in [-0.1, -0.05) is 25.1 Å². The zero-order chi connectivity index (χ0) is 19.3. The van der Waals surface area contributed by atoms with Crippen molar-refractivity contribution in [2.75, 3.05) is 5.32 Å². The molecule has 1 aliphatic rings. The smallest absolute Gasteiger partial charge is 0.267 e. The van der Waals surface area contributed by atoms with Crippen LogP contribution >= 0.6 is 11.3 Å². The maximum absolute atomic E-state index is 13.3. The van der Waals surface area contributed by atoms with Crippen molar-refractivity contribution < 1.29 is 13.9 Å². The van der Waals surface area contributed by atoms with Crippen LogP contribution in [-0.2, 0) is 4.79 Å². The third-order valence-corrected chi connectivity index (χ3v) is 5.75. The number of fused-ring (bicyclic) bond motifs is 2. The van der Waals surface area contributed by atoms with Crippen molar-refractivity contribution in [3.63, 3.8) is 0 Å². The number of imidazole rings is 1. The molecular formula is C21H16FN3O2S. The van der Waals surface area contributed by atoms with E-state index in [2.05, 4.69) is 10.3 Å². The van der Waals surface area contributed by atoms with Crippen molar-refractivity contribution in [3.8, 4) is 17.0 Å². The second-order valence-electron chi connectivity index (χ2n) is 6.73. The minimum atomic E-state index is -0.623. The maximum Gasteiger partial charge on any atom is 0.267 e. The van der Waals surface area contributed by atoms with Gasteiger partial charge in [0.15, 0.2) is 11.1 Å². The van der Waals surface area contributed by atoms with Crippen LogP contribution in [0.2, 0.25) is 0 Å². The number of thiazole rings is 1. The third kappa shape index (κ3) is 2.66. The van der Waals surface area contributed by atoms with Gasteiger partial charge in [-0.3, -0.25) is 9.20 Å². The van der Waals surface area contributed by atoms with Gasteiger partial charge in [-0.05, 0) is 30.3 Å². The molecule has 140 valence electrons. The number of para-hydroxylation sites is 1. The first-order valence-electron chi connectivity index (χ1n) is 8.90. The third-order valence-electron chi connectivity index (χ3n) is 5.00. The van der Waals surface area contributed by atoms with Gasteiger partial charge in [0.25, 0.3) is 5.91 Å². The highest BCUT2D eigenvalue weighted by atomic mass is 32.1. The van der Waals surface area contributed by atoms with Crippen LogP contribution in [0.4, 0.5) is 10.2 Å². The SMILES string of the molecule is CC1c2ccccc2OC1C(=O)Nc1c(-c2ccc(F)cc2)nc2sccn12. The minimum Gasteiger partial charge on any atom is -0.480 e. The number of ether oxygens (including phenoxy) is 1. The minimum absolute atomic E-state index is 0.0589. The maximum atomic E-state index is 13.3. The van der Waals surface area contributed by atoms with Gasteiger partial charge in [-0.25, -0.2) is 9.37 Å². The van der Waals surface area contributed by atoms with E-state index in [9.17, 15) is 9.18 Å². The Hall–Kier alpha value is -3.19. The van der Waals surface area contributed by atoms with Gasteiger partial charge in [-0.2, -0.15) is 0 Å². The second kappa shape index (κ2) is 6.45. The lowest BCUT2D eigenvalue weighted by Crippen LogP contribution is -2.34. The number of aromatic nitrogens is 2. The Morgan fingerprint density at radius 3 is 2.79 bits per heavy atom. The topological polar surface area (TPSA) is 55.6 Å². The summed E-state index contributed by atoms with van der Waals surface area (Å²) in [5.74, 6) is 0.681. The van der Waals surface area contributed by atoms with Gasteiger partial charge in [-0.15, -0.1) is 11.3 Å². The number of halogens is 1. The molecular weight excluding hydrogens is 377 g/mol. The Labute approximate surface area is 164 Å². The summed E-state index contributed by atoms with van der Waals surface area (Å²) in [5.41, 5.74) is 2.36. The quantitative estimate of drug-likeness (QED) is 0.549. The highest BCUT2D eigenvalue weighted by Crippen LogP contribution is 2.38. The molecule has 0 saturated carbocycles. The fourth-order valence-corrected chi connectivity index (χ4v) is 4.26. The molecule has 28 heavy (non-hydrogen) atoms. The molecule has 2 aromatic carbocycles. The highest BCUT2D eigenvalue weighted by Gasteiger charge is 2.36. The average Bonchev–Trinajstić information content (AvgIpc) is 3.38. The van der Waals surface area contributed by atoms with Crippen LogP contribution < -0.4 is 10.1 Å². The number of nitrogens with zero attached hydrogens (tertiary/aromatic N) is 2. The largest absolute Gasteiger partial charge is 0.480 e. The number of amides is 1. The lowest BCUT2D eigenvalue weighted by atomic mass is 9.97. The summed E-state index contributed by atoms with van der Waals surface area (Å²) in [6, 6.07) is 13.8. The fraction of sp³-hybridized carbons (Fsp3) is 0.143. The van der Waals surface area contributed by atoms with E-state index in [1.54, 1.807) is 12.1 Å². The number of carbonyl (C=O) groups excluding carboxylic acids is 1. The number of benzene rings is 2. The second-order valence-corrected chi connectivity index (χ2v) is 7.60. The summed E-state index contributed by atoms with van der Waals surface area (Å²) in [4.78, 5) is 18.4. The van der Waals surface area contributed by atoms with Crippen molar-refractivity contribution in [2.24, 2.45) is 0 Å². The normalized spacial score (nSPS) is 18.1. The van der Waals surface area contributed by atoms with E-state index in [0.29, 0.717) is 11.5 Å². The molecule has 5 rings (SSSR count). The molecule has 0 saturated heterocycles. The summed E-state index contributed by atoms with van der Waals surface area (Å²) in [6.45, 7) is 1.98. The van der Waals surface area contributed by atoms with Gasteiger partial charge in [0.2, 0.25) is 0 Å². The molecule has 5 nitrogen and oxygen atoms in total. The monoisotopic (exact) mass is 393 g/mol. The first kappa shape index (κ1) is 16.9. The van der Waals surface area contributed by atoms with E-state index < -0.39 is 6.10 Å². The molecule has 0 radical (unpaired) electrons. The predicted molar refractivity (Wildman–Crippen MR) is 106 cm³/mol. The first-order chi connectivity index (χ1) is 13.6. The summed E-state index contributed by atoms with van der Waals surface area (Å²) >= 11 is 1.47. The predicted octanol–water partition coefficient (Wildman–Crippen LogP) is 4.71. The van der Waals surface area contributed by atoms with Crippen molar-refractivity contribution in [1.82, 2.24) is 9.38 Å². The molecule has 4 aromatic rings. The molecule has 2 atom stereocenters. The standard InChI is InChI=1S/C21H16FN3O2S/c1-12-15-4-2-3-5-16(15)27-18(12)20(26)24-19-17(13-6-8-14(22)9-7-13)23-21-25(19)10-11-28-21/h2-12,18H,1H3,(H,24,26). The summed E-state index contributed by atoms with van der Waals surface area (Å²) < 4.78 is 21.0. The van der Waals surface area contributed by atoms with E-state index in [-0.39, 0.29) is 17.6 Å². The zero-order valence-corrected chi connectivity index (χ0v) is 15.7. The Bertz CT molecular complexity index is 1180.